The van der Waals surface area contributed by atoms with Crippen molar-refractivity contribution in [1.82, 2.24) is 9.80 Å². The fourth-order valence-electron chi connectivity index (χ4n) is 1.61. The highest BCUT2D eigenvalue weighted by Gasteiger charge is 2.38. The third-order valence-corrected chi connectivity index (χ3v) is 5.29. The van der Waals surface area contributed by atoms with Crippen LogP contribution in [0.2, 0.25) is 0 Å². The van der Waals surface area contributed by atoms with Crippen LogP contribution in [0, 0.1) is 0 Å². The number of hydrogen-bond donors (Lipinski definition) is 0. The van der Waals surface area contributed by atoms with Gasteiger partial charge in [0, 0.05) is 13.1 Å². The van der Waals surface area contributed by atoms with E-state index in [4.69, 9.17) is 12.2 Å². The van der Waals surface area contributed by atoms with E-state index in [-0.39, 0.29) is 11.8 Å². The number of thiocarbonyl (C=S) groups is 1. The molecule has 0 N–H and O–H groups in total. The van der Waals surface area contributed by atoms with Gasteiger partial charge in [-0.3, -0.25) is 14.5 Å². The lowest BCUT2D eigenvalue weighted by atomic mass is 10.4. The van der Waals surface area contributed by atoms with Crippen LogP contribution in [0.15, 0.2) is 9.81 Å². The maximum Gasteiger partial charge on any atom is 0.267 e. The van der Waals surface area contributed by atoms with Crippen molar-refractivity contribution in [3.63, 3.8) is 0 Å². The molecule has 0 bridgehead atoms. The zero-order valence-corrected chi connectivity index (χ0v) is 12.0. The van der Waals surface area contributed by atoms with Gasteiger partial charge >= 0.3 is 0 Å². The summed E-state index contributed by atoms with van der Waals surface area (Å²) in [6.45, 7) is 5.03. The van der Waals surface area contributed by atoms with Gasteiger partial charge in [0.25, 0.3) is 11.8 Å². The predicted molar refractivity (Wildman–Crippen MR) is 74.4 cm³/mol. The van der Waals surface area contributed by atoms with Gasteiger partial charge < -0.3 is 4.90 Å². The third-order valence-electron chi connectivity index (χ3n) is 2.60. The molecule has 0 aromatic heterocycles. The Morgan fingerprint density at radius 3 is 2.35 bits per heavy atom. The van der Waals surface area contributed by atoms with Crippen LogP contribution in [-0.4, -0.2) is 44.9 Å². The summed E-state index contributed by atoms with van der Waals surface area (Å²) in [6, 6.07) is 0. The average Bonchev–Trinajstić information content (AvgIpc) is 2.80. The zero-order chi connectivity index (χ0) is 12.6. The summed E-state index contributed by atoms with van der Waals surface area (Å²) >= 11 is 7.79. The van der Waals surface area contributed by atoms with Crippen molar-refractivity contribution < 1.29 is 9.59 Å². The average molecular weight is 288 g/mol. The molecule has 2 amide bonds. The van der Waals surface area contributed by atoms with Crippen molar-refractivity contribution in [3.05, 3.63) is 9.81 Å². The number of rotatable bonds is 2. The largest absolute Gasteiger partial charge is 0.329 e. The summed E-state index contributed by atoms with van der Waals surface area (Å²) in [5.74, 6) is 0.450. The topological polar surface area (TPSA) is 40.6 Å². The molecule has 0 aromatic rings. The van der Waals surface area contributed by atoms with E-state index in [0.717, 1.165) is 0 Å². The molecule has 4 nitrogen and oxygen atoms in total. The van der Waals surface area contributed by atoms with Crippen LogP contribution in [0.5, 0.6) is 0 Å². The second-order valence-corrected chi connectivity index (χ2v) is 6.11. The highest BCUT2D eigenvalue weighted by atomic mass is 32.2. The Balaban J connectivity index is 2.32. The van der Waals surface area contributed by atoms with Crippen LogP contribution in [0.25, 0.3) is 0 Å². The highest BCUT2D eigenvalue weighted by molar-refractivity contribution is 8.27. The van der Waals surface area contributed by atoms with E-state index in [9.17, 15) is 9.59 Å². The second-order valence-electron chi connectivity index (χ2n) is 3.51. The van der Waals surface area contributed by atoms with Crippen molar-refractivity contribution in [2.24, 2.45) is 0 Å². The normalized spacial score (nSPS) is 25.4. The maximum absolute atomic E-state index is 12.1. The molecule has 2 fully saturated rings. The molecular formula is C10H12N2O2S3. The van der Waals surface area contributed by atoms with E-state index in [0.29, 0.717) is 33.1 Å². The number of amides is 2. The Bertz CT molecular complexity index is 433. The van der Waals surface area contributed by atoms with Gasteiger partial charge in [-0.1, -0.05) is 35.7 Å². The molecule has 2 saturated heterocycles. The first-order valence-electron chi connectivity index (χ1n) is 5.30. The van der Waals surface area contributed by atoms with Gasteiger partial charge in [0.05, 0.1) is 15.7 Å². The Morgan fingerprint density at radius 2 is 1.88 bits per heavy atom. The fourth-order valence-corrected chi connectivity index (χ4v) is 4.31. The summed E-state index contributed by atoms with van der Waals surface area (Å²) in [7, 11) is 0. The monoisotopic (exact) mass is 288 g/mol. The molecule has 0 radical (unpaired) electrons. The summed E-state index contributed by atoms with van der Waals surface area (Å²) in [5.41, 5.74) is 0. The number of carbonyl (C=O) groups is 2. The number of nitrogens with zero attached hydrogens (tertiary/aromatic N) is 2. The molecule has 0 aliphatic carbocycles. The van der Waals surface area contributed by atoms with Crippen molar-refractivity contribution in [1.29, 1.82) is 0 Å². The molecule has 0 unspecified atom stereocenters. The molecular weight excluding hydrogens is 276 g/mol. The van der Waals surface area contributed by atoms with Gasteiger partial charge in [-0.2, -0.15) is 0 Å². The minimum Gasteiger partial charge on any atom is -0.329 e. The molecule has 17 heavy (non-hydrogen) atoms. The van der Waals surface area contributed by atoms with E-state index in [1.54, 1.807) is 4.90 Å². The van der Waals surface area contributed by atoms with Crippen molar-refractivity contribution in [3.8, 4) is 0 Å². The zero-order valence-electron chi connectivity index (χ0n) is 9.56. The van der Waals surface area contributed by atoms with E-state index < -0.39 is 0 Å². The number of carbonyl (C=O) groups excluding carboxylic acids is 2. The third kappa shape index (κ3) is 2.11. The Hall–Kier alpha value is -0.530. The number of likely N-dealkylation sites (N-methyl/N-ethyl adjacent to an activating group) is 2. The standard InChI is InChI=1S/C10H12N2O2S3/c1-3-11-5-16-6(8(11)13)7-9(14)12(4-2)10(15)17-7/h3-5H2,1-2H3/b7-6+. The molecule has 0 saturated carbocycles. The fraction of sp³-hybridized carbons (Fsp3) is 0.500. The molecule has 2 aliphatic rings. The summed E-state index contributed by atoms with van der Waals surface area (Å²) in [4.78, 5) is 28.4. The van der Waals surface area contributed by atoms with Crippen LogP contribution in [0.3, 0.4) is 0 Å². The lowest BCUT2D eigenvalue weighted by Crippen LogP contribution is -2.28. The molecule has 2 rings (SSSR count). The van der Waals surface area contributed by atoms with E-state index in [2.05, 4.69) is 0 Å². The summed E-state index contributed by atoms with van der Waals surface area (Å²) in [5, 5.41) is 0. The van der Waals surface area contributed by atoms with Crippen LogP contribution < -0.4 is 0 Å². The molecule has 7 heteroatoms. The first kappa shape index (κ1) is 12.9. The predicted octanol–water partition coefficient (Wildman–Crippen LogP) is 1.63. The van der Waals surface area contributed by atoms with Crippen molar-refractivity contribution in [2.75, 3.05) is 19.0 Å². The smallest absolute Gasteiger partial charge is 0.267 e. The van der Waals surface area contributed by atoms with Crippen molar-refractivity contribution in [2.45, 2.75) is 13.8 Å². The molecule has 0 spiro atoms. The van der Waals surface area contributed by atoms with Crippen LogP contribution in [-0.2, 0) is 9.59 Å². The van der Waals surface area contributed by atoms with Gasteiger partial charge in [-0.25, -0.2) is 0 Å². The van der Waals surface area contributed by atoms with Crippen molar-refractivity contribution >= 4 is 51.9 Å². The quantitative estimate of drug-likeness (QED) is 0.570. The molecule has 92 valence electrons. The summed E-state index contributed by atoms with van der Waals surface area (Å²) in [6.07, 6.45) is 0. The first-order chi connectivity index (χ1) is 8.10. The first-order valence-corrected chi connectivity index (χ1v) is 7.51. The van der Waals surface area contributed by atoms with E-state index in [1.807, 2.05) is 13.8 Å². The Labute approximate surface area is 114 Å². The van der Waals surface area contributed by atoms with Crippen LogP contribution in [0.4, 0.5) is 0 Å². The molecule has 0 atom stereocenters. The van der Waals surface area contributed by atoms with E-state index >= 15 is 0 Å². The van der Waals surface area contributed by atoms with Crippen LogP contribution >= 0.6 is 35.7 Å². The lowest BCUT2D eigenvalue weighted by Gasteiger charge is -2.10. The van der Waals surface area contributed by atoms with Gasteiger partial charge in [-0.15, -0.1) is 0 Å². The van der Waals surface area contributed by atoms with E-state index in [1.165, 1.54) is 28.4 Å². The lowest BCUT2D eigenvalue weighted by molar-refractivity contribution is -0.126. The second kappa shape index (κ2) is 4.99. The Kier molecular flexibility index (Phi) is 3.79. The minimum atomic E-state index is -0.128. The molecule has 0 aromatic carbocycles. The van der Waals surface area contributed by atoms with Gasteiger partial charge in [0.2, 0.25) is 0 Å². The molecule has 2 heterocycles. The summed E-state index contributed by atoms with van der Waals surface area (Å²) < 4.78 is 0.545. The highest BCUT2D eigenvalue weighted by Crippen LogP contribution is 2.40. The minimum absolute atomic E-state index is 0.0471. The van der Waals surface area contributed by atoms with Gasteiger partial charge in [0.15, 0.2) is 0 Å². The van der Waals surface area contributed by atoms with Crippen LogP contribution in [0.1, 0.15) is 13.8 Å². The van der Waals surface area contributed by atoms with Gasteiger partial charge in [-0.05, 0) is 13.8 Å². The number of thioether (sulfide) groups is 2. The molecule has 2 aliphatic heterocycles. The maximum atomic E-state index is 12.1. The van der Waals surface area contributed by atoms with Gasteiger partial charge in [0.1, 0.15) is 4.32 Å². The SMILES string of the molecule is CCN1CS/C(=C2/SC(=S)N(CC)C2=O)C1=O. The Morgan fingerprint density at radius 1 is 1.18 bits per heavy atom. The number of hydrogen-bond acceptors (Lipinski definition) is 5.